The zero-order valence-corrected chi connectivity index (χ0v) is 10.8. The minimum atomic E-state index is 0.606. The lowest BCUT2D eigenvalue weighted by Gasteiger charge is -2.09. The van der Waals surface area contributed by atoms with Crippen molar-refractivity contribution in [3.05, 3.63) is 28.7 Å². The topological polar surface area (TPSA) is 33.3 Å². The average Bonchev–Trinajstić information content (AvgIpc) is 2.22. The summed E-state index contributed by atoms with van der Waals surface area (Å²) in [4.78, 5) is 0. The molecule has 82 valence electrons. The highest BCUT2D eigenvalue weighted by molar-refractivity contribution is 9.10. The summed E-state index contributed by atoms with van der Waals surface area (Å²) in [5, 5.41) is 6.71. The van der Waals surface area contributed by atoms with Gasteiger partial charge in [-0.25, -0.2) is 0 Å². The number of rotatable bonds is 4. The molecule has 2 N–H and O–H groups in total. The van der Waals surface area contributed by atoms with E-state index >= 15 is 0 Å². The van der Waals surface area contributed by atoms with E-state index in [1.165, 1.54) is 0 Å². The molecule has 5 heteroatoms. The van der Waals surface area contributed by atoms with Crippen LogP contribution in [0, 0.1) is 0 Å². The van der Waals surface area contributed by atoms with E-state index in [0.29, 0.717) is 18.3 Å². The first-order valence-electron chi connectivity index (χ1n) is 4.51. The Morgan fingerprint density at radius 2 is 2.07 bits per heavy atom. The van der Waals surface area contributed by atoms with Crippen LogP contribution < -0.4 is 10.6 Å². The average molecular weight is 289 g/mol. The fraction of sp³-hybridized carbons (Fsp3) is 0.300. The molecule has 15 heavy (non-hydrogen) atoms. The second kappa shape index (κ2) is 6.76. The molecule has 0 aliphatic heterocycles. The number of hydrogen-bond acceptors (Lipinski definition) is 2. The largest absolute Gasteiger partial charge is 0.383 e. The first-order valence-corrected chi connectivity index (χ1v) is 5.72. The summed E-state index contributed by atoms with van der Waals surface area (Å²) in [6, 6.07) is 7.82. The number of methoxy groups -OCH3 is 1. The Kier molecular flexibility index (Phi) is 5.60. The highest BCUT2D eigenvalue weighted by Crippen LogP contribution is 2.13. The van der Waals surface area contributed by atoms with Gasteiger partial charge in [-0.05, 0) is 36.5 Å². The monoisotopic (exact) mass is 288 g/mol. The van der Waals surface area contributed by atoms with Crippen molar-refractivity contribution in [2.24, 2.45) is 0 Å². The molecule has 1 aromatic carbocycles. The Morgan fingerprint density at radius 3 is 2.67 bits per heavy atom. The van der Waals surface area contributed by atoms with E-state index in [9.17, 15) is 0 Å². The van der Waals surface area contributed by atoms with Gasteiger partial charge in [0.25, 0.3) is 0 Å². The van der Waals surface area contributed by atoms with Gasteiger partial charge in [-0.1, -0.05) is 15.9 Å². The Bertz CT molecular complexity index is 316. The predicted octanol–water partition coefficient (Wildman–Crippen LogP) is 2.38. The molecule has 1 rings (SSSR count). The molecule has 0 amide bonds. The van der Waals surface area contributed by atoms with Gasteiger partial charge >= 0.3 is 0 Å². The Morgan fingerprint density at radius 1 is 1.40 bits per heavy atom. The van der Waals surface area contributed by atoms with E-state index in [2.05, 4.69) is 26.6 Å². The van der Waals surface area contributed by atoms with Crippen molar-refractivity contribution in [3.8, 4) is 0 Å². The summed E-state index contributed by atoms with van der Waals surface area (Å²) < 4.78 is 5.95. The van der Waals surface area contributed by atoms with Crippen molar-refractivity contribution < 1.29 is 4.74 Å². The molecule has 0 atom stereocenters. The minimum Gasteiger partial charge on any atom is -0.383 e. The third-order valence-electron chi connectivity index (χ3n) is 1.69. The van der Waals surface area contributed by atoms with Crippen LogP contribution in [0.2, 0.25) is 0 Å². The SMILES string of the molecule is COCCNC(=S)Nc1ccc(Br)cc1. The Balaban J connectivity index is 2.34. The Hall–Kier alpha value is -0.650. The van der Waals surface area contributed by atoms with E-state index in [1.54, 1.807) is 7.11 Å². The van der Waals surface area contributed by atoms with Gasteiger partial charge in [-0.2, -0.15) is 0 Å². The zero-order chi connectivity index (χ0) is 11.1. The maximum Gasteiger partial charge on any atom is 0.170 e. The van der Waals surface area contributed by atoms with Crippen LogP contribution in [0.3, 0.4) is 0 Å². The van der Waals surface area contributed by atoms with E-state index in [1.807, 2.05) is 24.3 Å². The van der Waals surface area contributed by atoms with Crippen LogP contribution in [-0.4, -0.2) is 25.4 Å². The number of halogens is 1. The van der Waals surface area contributed by atoms with E-state index in [0.717, 1.165) is 10.2 Å². The van der Waals surface area contributed by atoms with Crippen LogP contribution >= 0.6 is 28.1 Å². The van der Waals surface area contributed by atoms with Gasteiger partial charge in [-0.15, -0.1) is 0 Å². The lowest BCUT2D eigenvalue weighted by atomic mass is 10.3. The second-order valence-corrected chi connectivity index (χ2v) is 4.20. The fourth-order valence-electron chi connectivity index (χ4n) is 0.975. The number of anilines is 1. The lowest BCUT2D eigenvalue weighted by Crippen LogP contribution is -2.31. The molecule has 3 nitrogen and oxygen atoms in total. The van der Waals surface area contributed by atoms with Gasteiger partial charge in [0, 0.05) is 23.8 Å². The van der Waals surface area contributed by atoms with Gasteiger partial charge in [0.05, 0.1) is 6.61 Å². The smallest absolute Gasteiger partial charge is 0.170 e. The fourth-order valence-corrected chi connectivity index (χ4v) is 1.46. The number of ether oxygens (including phenoxy) is 1. The normalized spacial score (nSPS) is 9.73. The van der Waals surface area contributed by atoms with Crippen molar-refractivity contribution in [2.45, 2.75) is 0 Å². The van der Waals surface area contributed by atoms with Gasteiger partial charge in [0.15, 0.2) is 5.11 Å². The summed E-state index contributed by atoms with van der Waals surface area (Å²) in [6.45, 7) is 1.35. The number of hydrogen-bond donors (Lipinski definition) is 2. The molecule has 0 unspecified atom stereocenters. The molecule has 0 saturated carbocycles. The standard InChI is InChI=1S/C10H13BrN2OS/c1-14-7-6-12-10(15)13-9-4-2-8(11)3-5-9/h2-5H,6-7H2,1H3,(H2,12,13,15). The van der Waals surface area contributed by atoms with Crippen molar-refractivity contribution in [3.63, 3.8) is 0 Å². The van der Waals surface area contributed by atoms with Crippen LogP contribution in [-0.2, 0) is 4.74 Å². The summed E-state index contributed by atoms with van der Waals surface area (Å²) in [5.41, 5.74) is 0.966. The first-order chi connectivity index (χ1) is 7.22. The van der Waals surface area contributed by atoms with Crippen LogP contribution in [0.25, 0.3) is 0 Å². The molecule has 0 fully saturated rings. The molecule has 0 radical (unpaired) electrons. The van der Waals surface area contributed by atoms with Gasteiger partial charge in [0.1, 0.15) is 0 Å². The van der Waals surface area contributed by atoms with Crippen LogP contribution in [0.4, 0.5) is 5.69 Å². The Labute approximate surface area is 103 Å². The second-order valence-electron chi connectivity index (χ2n) is 2.88. The number of nitrogens with one attached hydrogen (secondary N) is 2. The summed E-state index contributed by atoms with van der Waals surface area (Å²) in [7, 11) is 1.66. The van der Waals surface area contributed by atoms with Crippen LogP contribution in [0.5, 0.6) is 0 Å². The van der Waals surface area contributed by atoms with E-state index in [-0.39, 0.29) is 0 Å². The molecule has 0 heterocycles. The van der Waals surface area contributed by atoms with E-state index < -0.39 is 0 Å². The van der Waals surface area contributed by atoms with Gasteiger partial charge in [-0.3, -0.25) is 0 Å². The maximum absolute atomic E-state index is 5.09. The van der Waals surface area contributed by atoms with E-state index in [4.69, 9.17) is 17.0 Å². The molecule has 1 aromatic rings. The molecule has 0 aromatic heterocycles. The lowest BCUT2D eigenvalue weighted by molar-refractivity contribution is 0.204. The third kappa shape index (κ3) is 5.11. The third-order valence-corrected chi connectivity index (χ3v) is 2.47. The molecule has 0 saturated heterocycles. The minimum absolute atomic E-state index is 0.606. The maximum atomic E-state index is 5.09. The van der Waals surface area contributed by atoms with Crippen molar-refractivity contribution in [1.82, 2.24) is 5.32 Å². The number of benzene rings is 1. The van der Waals surface area contributed by atoms with Crippen molar-refractivity contribution >= 4 is 38.9 Å². The molecular weight excluding hydrogens is 276 g/mol. The predicted molar refractivity (Wildman–Crippen MR) is 70.2 cm³/mol. The van der Waals surface area contributed by atoms with Crippen LogP contribution in [0.15, 0.2) is 28.7 Å². The molecular formula is C10H13BrN2OS. The summed E-state index contributed by atoms with van der Waals surface area (Å²) in [6.07, 6.45) is 0. The van der Waals surface area contributed by atoms with Crippen LogP contribution in [0.1, 0.15) is 0 Å². The molecule has 0 spiro atoms. The quantitative estimate of drug-likeness (QED) is 0.658. The van der Waals surface area contributed by atoms with Crippen molar-refractivity contribution in [1.29, 1.82) is 0 Å². The highest BCUT2D eigenvalue weighted by Gasteiger charge is 1.96. The van der Waals surface area contributed by atoms with Crippen molar-refractivity contribution in [2.75, 3.05) is 25.6 Å². The zero-order valence-electron chi connectivity index (χ0n) is 8.42. The number of thiocarbonyl (C=S) groups is 1. The molecule has 0 bridgehead atoms. The molecule has 0 aliphatic rings. The summed E-state index contributed by atoms with van der Waals surface area (Å²) >= 11 is 8.46. The molecule has 0 aliphatic carbocycles. The van der Waals surface area contributed by atoms with Gasteiger partial charge in [0.2, 0.25) is 0 Å². The first kappa shape index (κ1) is 12.4. The summed E-state index contributed by atoms with van der Waals surface area (Å²) in [5.74, 6) is 0. The van der Waals surface area contributed by atoms with Gasteiger partial charge < -0.3 is 15.4 Å². The highest BCUT2D eigenvalue weighted by atomic mass is 79.9.